The number of hydrogen-bond acceptors (Lipinski definition) is 7. The van der Waals surface area contributed by atoms with E-state index >= 15 is 0 Å². The Balaban J connectivity index is 1.62. The number of nitrogen functional groups attached to an aromatic ring is 1. The van der Waals surface area contributed by atoms with Crippen LogP contribution in [0.2, 0.25) is 0 Å². The van der Waals surface area contributed by atoms with Crippen LogP contribution in [0.1, 0.15) is 23.6 Å². The van der Waals surface area contributed by atoms with Crippen LogP contribution in [0.25, 0.3) is 11.2 Å². The van der Waals surface area contributed by atoms with E-state index in [0.717, 1.165) is 12.1 Å². The summed E-state index contributed by atoms with van der Waals surface area (Å²) in [4.78, 5) is 24.0. The van der Waals surface area contributed by atoms with Crippen molar-refractivity contribution in [2.45, 2.75) is 12.5 Å². The molecule has 32 heavy (non-hydrogen) atoms. The third kappa shape index (κ3) is 3.18. The van der Waals surface area contributed by atoms with Gasteiger partial charge >= 0.3 is 5.69 Å². The van der Waals surface area contributed by atoms with E-state index in [1.807, 2.05) is 6.07 Å². The zero-order valence-electron chi connectivity index (χ0n) is 16.4. The van der Waals surface area contributed by atoms with Gasteiger partial charge in [0.2, 0.25) is 5.95 Å². The summed E-state index contributed by atoms with van der Waals surface area (Å²) in [7, 11) is 0. The van der Waals surface area contributed by atoms with Gasteiger partial charge in [-0.25, -0.2) is 18.6 Å². The van der Waals surface area contributed by atoms with Crippen LogP contribution in [-0.2, 0) is 0 Å². The first-order valence-electron chi connectivity index (χ1n) is 9.60. The minimum atomic E-state index is -0.831. The quantitative estimate of drug-likeness (QED) is 0.421. The maximum atomic E-state index is 14.2. The predicted molar refractivity (Wildman–Crippen MR) is 112 cm³/mol. The molecule has 1 atom stereocenters. The van der Waals surface area contributed by atoms with Crippen LogP contribution < -0.4 is 21.5 Å². The monoisotopic (exact) mass is 435 g/mol. The highest BCUT2D eigenvalue weighted by molar-refractivity contribution is 5.75. The highest BCUT2D eigenvalue weighted by Crippen LogP contribution is 2.37. The fourth-order valence-electron chi connectivity index (χ4n) is 3.80. The molecule has 5 rings (SSSR count). The first kappa shape index (κ1) is 19.5. The molecule has 1 aliphatic heterocycles. The van der Waals surface area contributed by atoms with Gasteiger partial charge in [0.25, 0.3) is 0 Å². The second kappa shape index (κ2) is 7.35. The number of H-pyrrole nitrogens is 1. The summed E-state index contributed by atoms with van der Waals surface area (Å²) in [5.41, 5.74) is 7.47. The lowest BCUT2D eigenvalue weighted by Crippen LogP contribution is -2.28. The van der Waals surface area contributed by atoms with Crippen LogP contribution in [0, 0.1) is 23.0 Å². The van der Waals surface area contributed by atoms with Gasteiger partial charge in [-0.2, -0.15) is 10.2 Å². The van der Waals surface area contributed by atoms with E-state index in [1.54, 1.807) is 18.2 Å². The normalized spacial score (nSPS) is 15.1. The number of ether oxygens (including phenoxy) is 1. The van der Waals surface area contributed by atoms with Crippen LogP contribution >= 0.6 is 0 Å². The Kier molecular flexibility index (Phi) is 4.48. The molecule has 0 radical (unpaired) electrons. The molecular formula is C21H15F2N7O2. The average Bonchev–Trinajstić information content (AvgIpc) is 3.10. The number of nitriles is 1. The second-order valence-corrected chi connectivity index (χ2v) is 7.23. The predicted octanol–water partition coefficient (Wildman–Crippen LogP) is 2.97. The van der Waals surface area contributed by atoms with E-state index in [9.17, 15) is 13.6 Å². The summed E-state index contributed by atoms with van der Waals surface area (Å²) in [6.45, 7) is 0.146. The van der Waals surface area contributed by atoms with Gasteiger partial charge in [0.05, 0.1) is 41.9 Å². The zero-order valence-corrected chi connectivity index (χ0v) is 16.4. The van der Waals surface area contributed by atoms with Crippen LogP contribution in [0.15, 0.2) is 41.3 Å². The Morgan fingerprint density at radius 2 is 2.16 bits per heavy atom. The van der Waals surface area contributed by atoms with E-state index < -0.39 is 23.4 Å². The topological polar surface area (TPSA) is 135 Å². The van der Waals surface area contributed by atoms with E-state index in [0.29, 0.717) is 28.9 Å². The van der Waals surface area contributed by atoms with E-state index in [-0.39, 0.29) is 29.5 Å². The third-order valence-corrected chi connectivity index (χ3v) is 5.23. The molecule has 0 amide bonds. The number of nitrogens with two attached hydrogens (primary N) is 1. The molecule has 0 fully saturated rings. The lowest BCUT2D eigenvalue weighted by atomic mass is 10.00. The maximum absolute atomic E-state index is 14.2. The summed E-state index contributed by atoms with van der Waals surface area (Å²) >= 11 is 0. The number of nitrogens with one attached hydrogen (secondary N) is 2. The minimum Gasteiger partial charge on any atom is -0.490 e. The van der Waals surface area contributed by atoms with Crippen molar-refractivity contribution in [2.24, 2.45) is 0 Å². The molecule has 11 heteroatoms. The van der Waals surface area contributed by atoms with Crippen molar-refractivity contribution >= 4 is 28.5 Å². The number of fused-ring (bicyclic) bond motifs is 2. The Morgan fingerprint density at radius 3 is 2.97 bits per heavy atom. The number of imidazole rings is 1. The van der Waals surface area contributed by atoms with Gasteiger partial charge in [0.1, 0.15) is 11.3 Å². The molecule has 0 bridgehead atoms. The number of rotatable bonds is 3. The number of hydrogen-bond donors (Lipinski definition) is 3. The average molecular weight is 435 g/mol. The maximum Gasteiger partial charge on any atom is 0.328 e. The van der Waals surface area contributed by atoms with Gasteiger partial charge in [-0.3, -0.25) is 4.57 Å². The number of anilines is 3. The SMILES string of the molecule is N#Cc1ccc(N)c(Nc2ncc3[nH]c(=O)n(C4CCOc5c(F)cc(F)cc54)c3n2)c1. The Labute approximate surface area is 179 Å². The molecule has 2 aromatic heterocycles. The van der Waals surface area contributed by atoms with Crippen LogP contribution in [-0.4, -0.2) is 26.1 Å². The van der Waals surface area contributed by atoms with Gasteiger partial charge in [0, 0.05) is 18.1 Å². The molecule has 160 valence electrons. The number of benzene rings is 2. The summed E-state index contributed by atoms with van der Waals surface area (Å²) in [5.74, 6) is -1.56. The molecule has 1 aliphatic rings. The van der Waals surface area contributed by atoms with Crippen molar-refractivity contribution < 1.29 is 13.5 Å². The fraction of sp³-hybridized carbons (Fsp3) is 0.143. The fourth-order valence-corrected chi connectivity index (χ4v) is 3.80. The zero-order chi connectivity index (χ0) is 22.4. The molecular weight excluding hydrogens is 420 g/mol. The van der Waals surface area contributed by atoms with Crippen molar-refractivity contribution in [3.63, 3.8) is 0 Å². The van der Waals surface area contributed by atoms with Crippen molar-refractivity contribution in [1.29, 1.82) is 5.26 Å². The summed E-state index contributed by atoms with van der Waals surface area (Å²) in [5, 5.41) is 12.1. The van der Waals surface area contributed by atoms with Gasteiger partial charge in [0.15, 0.2) is 17.2 Å². The Morgan fingerprint density at radius 1 is 1.31 bits per heavy atom. The lowest BCUT2D eigenvalue weighted by molar-refractivity contribution is 0.242. The molecule has 2 aromatic carbocycles. The largest absolute Gasteiger partial charge is 0.490 e. The summed E-state index contributed by atoms with van der Waals surface area (Å²) in [6, 6.07) is 7.93. The smallest absolute Gasteiger partial charge is 0.328 e. The highest BCUT2D eigenvalue weighted by atomic mass is 19.1. The van der Waals surface area contributed by atoms with E-state index in [4.69, 9.17) is 15.7 Å². The van der Waals surface area contributed by atoms with E-state index in [1.165, 1.54) is 10.8 Å². The number of nitrogens with zero attached hydrogens (tertiary/aromatic N) is 4. The molecule has 3 heterocycles. The molecule has 0 saturated heterocycles. The van der Waals surface area contributed by atoms with Gasteiger partial charge in [-0.1, -0.05) is 0 Å². The summed E-state index contributed by atoms with van der Waals surface area (Å²) < 4.78 is 34.9. The number of halogens is 2. The molecule has 4 N–H and O–H groups in total. The second-order valence-electron chi connectivity index (χ2n) is 7.23. The Hall–Kier alpha value is -4.46. The van der Waals surface area contributed by atoms with E-state index in [2.05, 4.69) is 20.3 Å². The molecule has 0 saturated carbocycles. The van der Waals surface area contributed by atoms with Gasteiger partial charge in [-0.15, -0.1) is 0 Å². The minimum absolute atomic E-state index is 0.0857. The van der Waals surface area contributed by atoms with Crippen molar-refractivity contribution in [3.8, 4) is 11.8 Å². The van der Waals surface area contributed by atoms with Gasteiger partial charge < -0.3 is 20.8 Å². The van der Waals surface area contributed by atoms with Crippen LogP contribution in [0.4, 0.5) is 26.1 Å². The molecule has 4 aromatic rings. The molecule has 0 aliphatic carbocycles. The van der Waals surface area contributed by atoms with Gasteiger partial charge in [-0.05, 0) is 24.3 Å². The van der Waals surface area contributed by atoms with Crippen molar-refractivity contribution in [1.82, 2.24) is 19.5 Å². The standard InChI is InChI=1S/C21H15F2N7O2/c22-11-6-12-17(3-4-32-18(12)13(23)7-11)30-19-16(28-21(30)31)9-26-20(29-19)27-15-5-10(8-24)1-2-14(15)25/h1-2,5-7,9,17H,3-4,25H2,(H,28,31)(H,26,27,29). The molecule has 0 spiro atoms. The van der Waals surface area contributed by atoms with Crippen LogP contribution in [0.3, 0.4) is 0 Å². The molecule has 9 nitrogen and oxygen atoms in total. The summed E-state index contributed by atoms with van der Waals surface area (Å²) in [6.07, 6.45) is 1.73. The van der Waals surface area contributed by atoms with Crippen molar-refractivity contribution in [2.75, 3.05) is 17.7 Å². The highest BCUT2D eigenvalue weighted by Gasteiger charge is 2.29. The van der Waals surface area contributed by atoms with Crippen LogP contribution in [0.5, 0.6) is 5.75 Å². The third-order valence-electron chi connectivity index (χ3n) is 5.23. The lowest BCUT2D eigenvalue weighted by Gasteiger charge is -2.27. The number of aromatic nitrogens is 4. The first-order chi connectivity index (χ1) is 15.4. The number of aromatic amines is 1. The first-order valence-corrected chi connectivity index (χ1v) is 9.60. The van der Waals surface area contributed by atoms with Crippen molar-refractivity contribution in [3.05, 3.63) is 69.8 Å². The molecule has 1 unspecified atom stereocenters. The Bertz CT molecular complexity index is 1470.